The highest BCUT2D eigenvalue weighted by molar-refractivity contribution is 5.85. The van der Waals surface area contributed by atoms with Crippen LogP contribution in [0.25, 0.3) is 0 Å². The molecular formula is C14H17ClF6N2O2. The summed E-state index contributed by atoms with van der Waals surface area (Å²) in [6.07, 6.45) is -10.8. The number of nitrogens with zero attached hydrogens (tertiary/aromatic N) is 1. The van der Waals surface area contributed by atoms with Gasteiger partial charge in [0.2, 0.25) is 0 Å². The molecule has 1 atom stereocenters. The average Bonchev–Trinajstić information content (AvgIpc) is 2.45. The van der Waals surface area contributed by atoms with Gasteiger partial charge in [0.05, 0.1) is 6.42 Å². The number of nitrogens with one attached hydrogen (secondary N) is 1. The zero-order chi connectivity index (χ0) is 18.0. The number of ether oxygens (including phenoxy) is 1. The molecule has 2 N–H and O–H groups in total. The number of hydrogen-bond donors (Lipinski definition) is 2. The largest absolute Gasteiger partial charge is 0.573 e. The molecule has 25 heavy (non-hydrogen) atoms. The SMILES string of the molecule is Cl.Oc1ccc(OC(F)(F)F)cc1[C@@H](CC(F)(F)F)N1CCNCC1. The summed E-state index contributed by atoms with van der Waals surface area (Å²) in [5.41, 5.74) is -0.240. The van der Waals surface area contributed by atoms with Crippen LogP contribution in [0.15, 0.2) is 18.2 Å². The molecule has 1 saturated heterocycles. The third-order valence-corrected chi connectivity index (χ3v) is 3.61. The minimum absolute atomic E-state index is 0. The van der Waals surface area contributed by atoms with Crippen LogP contribution < -0.4 is 10.1 Å². The molecule has 0 bridgehead atoms. The van der Waals surface area contributed by atoms with E-state index in [-0.39, 0.29) is 31.1 Å². The second-order valence-electron chi connectivity index (χ2n) is 5.39. The Balaban J connectivity index is 0.00000312. The summed E-state index contributed by atoms with van der Waals surface area (Å²) in [4.78, 5) is 1.48. The van der Waals surface area contributed by atoms with Gasteiger partial charge in [-0.25, -0.2) is 0 Å². The lowest BCUT2D eigenvalue weighted by Gasteiger charge is -2.36. The number of piperazine rings is 1. The Kier molecular flexibility index (Phi) is 7.21. The number of alkyl halides is 6. The van der Waals surface area contributed by atoms with E-state index >= 15 is 0 Å². The van der Waals surface area contributed by atoms with Gasteiger partial charge in [-0.2, -0.15) is 13.2 Å². The molecule has 0 radical (unpaired) electrons. The van der Waals surface area contributed by atoms with Crippen molar-refractivity contribution < 1.29 is 36.2 Å². The van der Waals surface area contributed by atoms with Crippen molar-refractivity contribution in [2.45, 2.75) is 25.0 Å². The molecule has 1 fully saturated rings. The topological polar surface area (TPSA) is 44.7 Å². The molecule has 1 aromatic rings. The number of aromatic hydroxyl groups is 1. The molecule has 0 unspecified atom stereocenters. The Morgan fingerprint density at radius 1 is 1.12 bits per heavy atom. The van der Waals surface area contributed by atoms with E-state index in [1.54, 1.807) is 0 Å². The maximum absolute atomic E-state index is 12.9. The zero-order valence-electron chi connectivity index (χ0n) is 12.8. The Bertz CT molecular complexity index is 561. The highest BCUT2D eigenvalue weighted by Crippen LogP contribution is 2.39. The molecule has 4 nitrogen and oxygen atoms in total. The van der Waals surface area contributed by atoms with Crippen molar-refractivity contribution in [1.82, 2.24) is 10.2 Å². The summed E-state index contributed by atoms with van der Waals surface area (Å²) in [6.45, 7) is 1.47. The monoisotopic (exact) mass is 394 g/mol. The first-order valence-electron chi connectivity index (χ1n) is 7.15. The second-order valence-corrected chi connectivity index (χ2v) is 5.39. The third kappa shape index (κ3) is 6.79. The highest BCUT2D eigenvalue weighted by atomic mass is 35.5. The quantitative estimate of drug-likeness (QED) is 0.766. The van der Waals surface area contributed by atoms with Crippen LogP contribution in [-0.4, -0.2) is 48.7 Å². The van der Waals surface area contributed by atoms with Gasteiger partial charge in [-0.15, -0.1) is 25.6 Å². The van der Waals surface area contributed by atoms with Crippen LogP contribution in [0.1, 0.15) is 18.0 Å². The van der Waals surface area contributed by atoms with Gasteiger partial charge >= 0.3 is 12.5 Å². The van der Waals surface area contributed by atoms with Crippen molar-refractivity contribution in [3.8, 4) is 11.5 Å². The fourth-order valence-corrected chi connectivity index (χ4v) is 2.65. The van der Waals surface area contributed by atoms with E-state index in [1.807, 2.05) is 0 Å². The van der Waals surface area contributed by atoms with E-state index in [0.29, 0.717) is 13.1 Å². The normalized spacial score (nSPS) is 17.7. The predicted octanol–water partition coefficient (Wildman–Crippen LogP) is 3.61. The molecule has 1 aliphatic rings. The standard InChI is InChI=1S/C14H16F6N2O2.ClH/c15-13(16,17)8-11(22-5-3-21-4-6-22)10-7-9(1-2-12(10)23)24-14(18,19)20;/h1-2,7,11,21,23H,3-6,8H2;1H/t11-;/m1./s1. The summed E-state index contributed by atoms with van der Waals surface area (Å²) in [7, 11) is 0. The summed E-state index contributed by atoms with van der Waals surface area (Å²) >= 11 is 0. The first-order chi connectivity index (χ1) is 11.1. The minimum atomic E-state index is -4.97. The van der Waals surface area contributed by atoms with E-state index < -0.39 is 36.5 Å². The van der Waals surface area contributed by atoms with Gasteiger partial charge < -0.3 is 15.2 Å². The van der Waals surface area contributed by atoms with Gasteiger partial charge in [0, 0.05) is 37.8 Å². The minimum Gasteiger partial charge on any atom is -0.508 e. The van der Waals surface area contributed by atoms with Gasteiger partial charge in [-0.05, 0) is 18.2 Å². The van der Waals surface area contributed by atoms with Crippen LogP contribution >= 0.6 is 12.4 Å². The van der Waals surface area contributed by atoms with Crippen LogP contribution in [0.3, 0.4) is 0 Å². The number of benzene rings is 1. The lowest BCUT2D eigenvalue weighted by atomic mass is 9.99. The smallest absolute Gasteiger partial charge is 0.508 e. The number of phenols is 1. The van der Waals surface area contributed by atoms with Crippen LogP contribution in [0.4, 0.5) is 26.3 Å². The average molecular weight is 395 g/mol. The Labute approximate surface area is 146 Å². The number of halogens is 7. The van der Waals surface area contributed by atoms with Crippen LogP contribution in [0.5, 0.6) is 11.5 Å². The molecule has 11 heteroatoms. The van der Waals surface area contributed by atoms with E-state index in [4.69, 9.17) is 0 Å². The van der Waals surface area contributed by atoms with Crippen molar-refractivity contribution in [1.29, 1.82) is 0 Å². The van der Waals surface area contributed by atoms with E-state index in [9.17, 15) is 31.4 Å². The Morgan fingerprint density at radius 2 is 1.72 bits per heavy atom. The van der Waals surface area contributed by atoms with Crippen molar-refractivity contribution >= 4 is 12.4 Å². The fourth-order valence-electron chi connectivity index (χ4n) is 2.65. The molecule has 0 saturated carbocycles. The van der Waals surface area contributed by atoms with Gasteiger partial charge in [-0.3, -0.25) is 4.90 Å². The van der Waals surface area contributed by atoms with Crippen LogP contribution in [-0.2, 0) is 0 Å². The molecular weight excluding hydrogens is 378 g/mol. The van der Waals surface area contributed by atoms with E-state index in [2.05, 4.69) is 10.1 Å². The van der Waals surface area contributed by atoms with Crippen LogP contribution in [0.2, 0.25) is 0 Å². The van der Waals surface area contributed by atoms with Crippen molar-refractivity contribution in [2.75, 3.05) is 26.2 Å². The second kappa shape index (κ2) is 8.33. The Morgan fingerprint density at radius 3 is 2.24 bits per heavy atom. The summed E-state index contributed by atoms with van der Waals surface area (Å²) < 4.78 is 79.4. The fraction of sp³-hybridized carbons (Fsp3) is 0.571. The molecule has 1 heterocycles. The predicted molar refractivity (Wildman–Crippen MR) is 79.9 cm³/mol. The molecule has 2 rings (SSSR count). The summed E-state index contributed by atoms with van der Waals surface area (Å²) in [5.74, 6) is -1.17. The van der Waals surface area contributed by atoms with E-state index in [1.165, 1.54) is 4.90 Å². The maximum atomic E-state index is 12.9. The highest BCUT2D eigenvalue weighted by Gasteiger charge is 2.38. The van der Waals surface area contributed by atoms with Crippen molar-refractivity contribution in [2.24, 2.45) is 0 Å². The third-order valence-electron chi connectivity index (χ3n) is 3.61. The lowest BCUT2D eigenvalue weighted by Crippen LogP contribution is -2.46. The van der Waals surface area contributed by atoms with Crippen molar-refractivity contribution in [3.63, 3.8) is 0 Å². The Hall–Kier alpha value is -1.39. The molecule has 0 aromatic heterocycles. The van der Waals surface area contributed by atoms with Gasteiger partial charge in [0.1, 0.15) is 11.5 Å². The summed E-state index contributed by atoms with van der Waals surface area (Å²) in [5, 5.41) is 12.9. The van der Waals surface area contributed by atoms with Crippen LogP contribution in [0, 0.1) is 0 Å². The molecule has 1 aliphatic heterocycles. The number of rotatable bonds is 4. The number of phenolic OH excluding ortho intramolecular Hbond substituents is 1. The molecule has 0 aliphatic carbocycles. The molecule has 1 aromatic carbocycles. The van der Waals surface area contributed by atoms with Gasteiger partial charge in [0.25, 0.3) is 0 Å². The van der Waals surface area contributed by atoms with Gasteiger partial charge in [0.15, 0.2) is 0 Å². The molecule has 144 valence electrons. The zero-order valence-corrected chi connectivity index (χ0v) is 13.6. The molecule has 0 amide bonds. The maximum Gasteiger partial charge on any atom is 0.573 e. The first-order valence-corrected chi connectivity index (χ1v) is 7.15. The lowest BCUT2D eigenvalue weighted by molar-refractivity contribution is -0.274. The number of hydrogen-bond acceptors (Lipinski definition) is 4. The summed E-state index contributed by atoms with van der Waals surface area (Å²) in [6, 6.07) is 1.28. The van der Waals surface area contributed by atoms with Gasteiger partial charge in [-0.1, -0.05) is 0 Å². The molecule has 0 spiro atoms. The van der Waals surface area contributed by atoms with E-state index in [0.717, 1.165) is 18.2 Å². The van der Waals surface area contributed by atoms with Crippen molar-refractivity contribution in [3.05, 3.63) is 23.8 Å². The first kappa shape index (κ1) is 21.7.